The van der Waals surface area contributed by atoms with Gasteiger partial charge in [-0.05, 0) is 37.1 Å². The van der Waals surface area contributed by atoms with E-state index in [1.54, 1.807) is 18.1 Å². The number of nitrogens with zero attached hydrogens (tertiary/aromatic N) is 2. The largest absolute Gasteiger partial charge is 0.287 e. The summed E-state index contributed by atoms with van der Waals surface area (Å²) in [7, 11) is 1.75. The number of aryl methyl sites for hydroxylation is 2. The van der Waals surface area contributed by atoms with E-state index in [2.05, 4.69) is 4.98 Å². The third-order valence-corrected chi connectivity index (χ3v) is 3.61. The minimum Gasteiger partial charge on any atom is -0.287 e. The highest BCUT2D eigenvalue weighted by molar-refractivity contribution is 7.13. The van der Waals surface area contributed by atoms with Gasteiger partial charge >= 0.3 is 0 Å². The van der Waals surface area contributed by atoms with Crippen molar-refractivity contribution in [3.8, 4) is 0 Å². The third kappa shape index (κ3) is 2.36. The van der Waals surface area contributed by atoms with E-state index in [0.29, 0.717) is 10.7 Å². The summed E-state index contributed by atoms with van der Waals surface area (Å²) in [6.07, 6.45) is 1.70. The second-order valence-corrected chi connectivity index (χ2v) is 4.85. The van der Waals surface area contributed by atoms with Crippen LogP contribution in [-0.4, -0.2) is 17.9 Å². The summed E-state index contributed by atoms with van der Waals surface area (Å²) in [5.74, 6) is -0.0250. The van der Waals surface area contributed by atoms with Crippen LogP contribution in [0.25, 0.3) is 0 Å². The first kappa shape index (κ1) is 11.8. The zero-order valence-electron chi connectivity index (χ0n) is 10.1. The Bertz CT molecular complexity index is 534. The number of hydrogen-bond acceptors (Lipinski definition) is 3. The van der Waals surface area contributed by atoms with Crippen LogP contribution in [0.3, 0.4) is 0 Å². The van der Waals surface area contributed by atoms with Crippen LogP contribution in [0.15, 0.2) is 29.8 Å². The zero-order chi connectivity index (χ0) is 12.4. The Hall–Kier alpha value is -1.68. The molecule has 88 valence electrons. The number of carbonyl (C=O) groups excluding carboxylic acids is 1. The van der Waals surface area contributed by atoms with Gasteiger partial charge in [0.1, 0.15) is 0 Å². The second-order valence-electron chi connectivity index (χ2n) is 3.98. The molecule has 0 spiro atoms. The molecular formula is C13H14N2OS. The number of anilines is 1. The standard InChI is InChI=1S/C13H14N2OS/c1-9-4-5-11(8-10(9)2)12(16)15(3)13-14-6-7-17-13/h4-8H,1-3H3. The topological polar surface area (TPSA) is 33.2 Å². The van der Waals surface area contributed by atoms with Crippen molar-refractivity contribution in [3.05, 3.63) is 46.5 Å². The fourth-order valence-corrected chi connectivity index (χ4v) is 2.14. The lowest BCUT2D eigenvalue weighted by Crippen LogP contribution is -2.26. The molecule has 2 aromatic rings. The van der Waals surface area contributed by atoms with Gasteiger partial charge in [-0.2, -0.15) is 0 Å². The molecule has 0 fully saturated rings. The van der Waals surface area contributed by atoms with Crippen LogP contribution in [0.1, 0.15) is 21.5 Å². The highest BCUT2D eigenvalue weighted by atomic mass is 32.1. The van der Waals surface area contributed by atoms with E-state index in [-0.39, 0.29) is 5.91 Å². The molecule has 2 rings (SSSR count). The number of amides is 1. The van der Waals surface area contributed by atoms with Crippen molar-refractivity contribution in [1.82, 2.24) is 4.98 Å². The Morgan fingerprint density at radius 2 is 2.06 bits per heavy atom. The van der Waals surface area contributed by atoms with E-state index >= 15 is 0 Å². The average Bonchev–Trinajstić information content (AvgIpc) is 2.84. The first-order chi connectivity index (χ1) is 8.09. The maximum atomic E-state index is 12.2. The lowest BCUT2D eigenvalue weighted by molar-refractivity contribution is 0.0993. The molecule has 1 amide bonds. The molecular weight excluding hydrogens is 232 g/mol. The number of carbonyl (C=O) groups is 1. The summed E-state index contributed by atoms with van der Waals surface area (Å²) in [6.45, 7) is 4.05. The Morgan fingerprint density at radius 3 is 2.65 bits per heavy atom. The molecule has 0 unspecified atom stereocenters. The number of thiazole rings is 1. The van der Waals surface area contributed by atoms with Crippen molar-refractivity contribution < 1.29 is 4.79 Å². The number of rotatable bonds is 2. The van der Waals surface area contributed by atoms with Gasteiger partial charge in [0.2, 0.25) is 0 Å². The van der Waals surface area contributed by atoms with Crippen molar-refractivity contribution in [2.75, 3.05) is 11.9 Å². The monoisotopic (exact) mass is 246 g/mol. The van der Waals surface area contributed by atoms with Crippen LogP contribution in [0.5, 0.6) is 0 Å². The van der Waals surface area contributed by atoms with Crippen LogP contribution in [0, 0.1) is 13.8 Å². The average molecular weight is 246 g/mol. The summed E-state index contributed by atoms with van der Waals surface area (Å²) in [4.78, 5) is 17.9. The Labute approximate surface area is 105 Å². The molecule has 17 heavy (non-hydrogen) atoms. The van der Waals surface area contributed by atoms with E-state index in [1.807, 2.05) is 37.4 Å². The molecule has 0 radical (unpaired) electrons. The van der Waals surface area contributed by atoms with Crippen molar-refractivity contribution >= 4 is 22.4 Å². The predicted octanol–water partition coefficient (Wildman–Crippen LogP) is 3.04. The van der Waals surface area contributed by atoms with Crippen LogP contribution >= 0.6 is 11.3 Å². The van der Waals surface area contributed by atoms with Crippen LogP contribution < -0.4 is 4.90 Å². The van der Waals surface area contributed by atoms with Gasteiger partial charge in [-0.15, -0.1) is 11.3 Å². The zero-order valence-corrected chi connectivity index (χ0v) is 10.9. The van der Waals surface area contributed by atoms with E-state index < -0.39 is 0 Å². The van der Waals surface area contributed by atoms with Gasteiger partial charge in [-0.1, -0.05) is 6.07 Å². The summed E-state index contributed by atoms with van der Waals surface area (Å²) in [6, 6.07) is 5.74. The first-order valence-corrected chi connectivity index (χ1v) is 6.22. The molecule has 4 heteroatoms. The fraction of sp³-hybridized carbons (Fsp3) is 0.231. The molecule has 0 bridgehead atoms. The molecule has 0 aliphatic carbocycles. The Kier molecular flexibility index (Phi) is 3.24. The summed E-state index contributed by atoms with van der Waals surface area (Å²) in [5.41, 5.74) is 3.02. The van der Waals surface area contributed by atoms with Crippen LogP contribution in [0.2, 0.25) is 0 Å². The summed E-state index contributed by atoms with van der Waals surface area (Å²) in [5, 5.41) is 2.58. The molecule has 1 aromatic heterocycles. The Balaban J connectivity index is 2.28. The van der Waals surface area contributed by atoms with Gasteiger partial charge < -0.3 is 0 Å². The third-order valence-electron chi connectivity index (χ3n) is 2.76. The summed E-state index contributed by atoms with van der Waals surface area (Å²) < 4.78 is 0. The fourth-order valence-electron chi connectivity index (χ4n) is 1.54. The van der Waals surface area contributed by atoms with E-state index in [9.17, 15) is 4.79 Å². The van der Waals surface area contributed by atoms with Gasteiger partial charge in [0.05, 0.1) is 0 Å². The van der Waals surface area contributed by atoms with Crippen LogP contribution in [0.4, 0.5) is 5.13 Å². The van der Waals surface area contributed by atoms with Gasteiger partial charge in [-0.25, -0.2) is 4.98 Å². The molecule has 0 saturated heterocycles. The number of benzene rings is 1. The SMILES string of the molecule is Cc1ccc(C(=O)N(C)c2nccs2)cc1C. The maximum absolute atomic E-state index is 12.2. The van der Waals surface area contributed by atoms with Gasteiger partial charge in [-0.3, -0.25) is 9.69 Å². The molecule has 3 nitrogen and oxygen atoms in total. The molecule has 1 heterocycles. The molecule has 0 aliphatic heterocycles. The molecule has 0 N–H and O–H groups in total. The van der Waals surface area contributed by atoms with E-state index in [1.165, 1.54) is 16.9 Å². The second kappa shape index (κ2) is 4.67. The smallest absolute Gasteiger partial charge is 0.259 e. The van der Waals surface area contributed by atoms with Crippen molar-refractivity contribution in [2.45, 2.75) is 13.8 Å². The number of aromatic nitrogens is 1. The van der Waals surface area contributed by atoms with Crippen molar-refractivity contribution in [3.63, 3.8) is 0 Å². The van der Waals surface area contributed by atoms with Gasteiger partial charge in [0.15, 0.2) is 5.13 Å². The number of hydrogen-bond donors (Lipinski definition) is 0. The lowest BCUT2D eigenvalue weighted by atomic mass is 10.1. The summed E-state index contributed by atoms with van der Waals surface area (Å²) >= 11 is 1.46. The van der Waals surface area contributed by atoms with E-state index in [0.717, 1.165) is 5.56 Å². The Morgan fingerprint density at radius 1 is 1.29 bits per heavy atom. The maximum Gasteiger partial charge on any atom is 0.259 e. The minimum atomic E-state index is -0.0250. The lowest BCUT2D eigenvalue weighted by Gasteiger charge is -2.14. The van der Waals surface area contributed by atoms with Gasteiger partial charge in [0.25, 0.3) is 5.91 Å². The normalized spacial score (nSPS) is 10.3. The van der Waals surface area contributed by atoms with Crippen molar-refractivity contribution in [2.24, 2.45) is 0 Å². The molecule has 0 saturated carbocycles. The predicted molar refractivity (Wildman–Crippen MR) is 70.8 cm³/mol. The highest BCUT2D eigenvalue weighted by Crippen LogP contribution is 2.19. The van der Waals surface area contributed by atoms with Crippen molar-refractivity contribution in [1.29, 1.82) is 0 Å². The quantitative estimate of drug-likeness (QED) is 0.816. The first-order valence-electron chi connectivity index (χ1n) is 5.34. The van der Waals surface area contributed by atoms with Gasteiger partial charge in [0, 0.05) is 24.2 Å². The van der Waals surface area contributed by atoms with Crippen LogP contribution in [-0.2, 0) is 0 Å². The molecule has 0 atom stereocenters. The van der Waals surface area contributed by atoms with E-state index in [4.69, 9.17) is 0 Å². The minimum absolute atomic E-state index is 0.0250. The molecule has 1 aromatic carbocycles. The highest BCUT2D eigenvalue weighted by Gasteiger charge is 2.15. The molecule has 0 aliphatic rings.